The van der Waals surface area contributed by atoms with Crippen LogP contribution >= 0.6 is 12.2 Å². The number of carbonyl (C=O) groups is 2. The highest BCUT2D eigenvalue weighted by atomic mass is 32.1. The van der Waals surface area contributed by atoms with Crippen molar-refractivity contribution in [2.75, 3.05) is 19.1 Å². The lowest BCUT2D eigenvalue weighted by atomic mass is 10.0. The van der Waals surface area contributed by atoms with Gasteiger partial charge < -0.3 is 9.47 Å². The minimum atomic E-state index is -0.932. The van der Waals surface area contributed by atoms with Gasteiger partial charge in [0.15, 0.2) is 16.6 Å². The van der Waals surface area contributed by atoms with E-state index in [-0.39, 0.29) is 27.9 Å². The van der Waals surface area contributed by atoms with Gasteiger partial charge in [-0.3, -0.25) is 25.0 Å². The summed E-state index contributed by atoms with van der Waals surface area (Å²) in [5, 5.41) is 13.5. The lowest BCUT2D eigenvalue weighted by molar-refractivity contribution is -0.385. The van der Waals surface area contributed by atoms with Crippen LogP contribution in [0.4, 0.5) is 15.8 Å². The zero-order valence-electron chi connectivity index (χ0n) is 15.7. The number of nitro benzene ring substituents is 1. The van der Waals surface area contributed by atoms with E-state index in [1.54, 1.807) is 0 Å². The molecule has 0 atom stereocenters. The van der Waals surface area contributed by atoms with E-state index in [9.17, 15) is 24.1 Å². The molecule has 1 fully saturated rings. The maximum absolute atomic E-state index is 14.2. The predicted molar refractivity (Wildman–Crippen MR) is 109 cm³/mol. The summed E-state index contributed by atoms with van der Waals surface area (Å²) in [7, 11) is 2.64. The van der Waals surface area contributed by atoms with Crippen LogP contribution in [0.5, 0.6) is 11.5 Å². The molecule has 11 heteroatoms. The molecule has 1 N–H and O–H groups in total. The van der Waals surface area contributed by atoms with Gasteiger partial charge in [-0.15, -0.1) is 0 Å². The summed E-state index contributed by atoms with van der Waals surface area (Å²) in [5.41, 5.74) is -1.15. The van der Waals surface area contributed by atoms with E-state index < -0.39 is 33.8 Å². The van der Waals surface area contributed by atoms with Gasteiger partial charge in [0.25, 0.3) is 17.5 Å². The molecule has 2 aromatic rings. The van der Waals surface area contributed by atoms with Crippen molar-refractivity contribution < 1.29 is 28.4 Å². The normalized spacial score (nSPS) is 15.2. The van der Waals surface area contributed by atoms with Gasteiger partial charge in [0.1, 0.15) is 11.4 Å². The Labute approximate surface area is 174 Å². The van der Waals surface area contributed by atoms with Crippen LogP contribution in [0.15, 0.2) is 42.0 Å². The molecule has 2 amide bonds. The molecule has 2 aromatic carbocycles. The molecular weight excluding hydrogens is 417 g/mol. The second kappa shape index (κ2) is 8.25. The number of rotatable bonds is 5. The largest absolute Gasteiger partial charge is 0.493 e. The van der Waals surface area contributed by atoms with Gasteiger partial charge in [-0.2, -0.15) is 0 Å². The Hall–Kier alpha value is -3.86. The van der Waals surface area contributed by atoms with Crippen molar-refractivity contribution in [3.63, 3.8) is 0 Å². The monoisotopic (exact) mass is 431 g/mol. The molecule has 30 heavy (non-hydrogen) atoms. The molecule has 0 aliphatic carbocycles. The molecule has 1 heterocycles. The Kier molecular flexibility index (Phi) is 5.74. The summed E-state index contributed by atoms with van der Waals surface area (Å²) < 4.78 is 24.4. The number of thiocarbonyl (C=S) groups is 1. The van der Waals surface area contributed by atoms with Gasteiger partial charge in [-0.1, -0.05) is 12.1 Å². The van der Waals surface area contributed by atoms with Crippen molar-refractivity contribution in [2.24, 2.45) is 0 Å². The van der Waals surface area contributed by atoms with E-state index in [0.717, 1.165) is 23.1 Å². The number of ether oxygens (including phenoxy) is 2. The van der Waals surface area contributed by atoms with Crippen molar-refractivity contribution in [3.8, 4) is 11.5 Å². The van der Waals surface area contributed by atoms with Crippen molar-refractivity contribution in [2.45, 2.75) is 0 Å². The number of benzene rings is 2. The molecule has 1 saturated heterocycles. The molecule has 0 saturated carbocycles. The van der Waals surface area contributed by atoms with Gasteiger partial charge >= 0.3 is 0 Å². The summed E-state index contributed by atoms with van der Waals surface area (Å²) >= 11 is 5.01. The molecule has 9 nitrogen and oxygen atoms in total. The Morgan fingerprint density at radius 3 is 2.40 bits per heavy atom. The zero-order chi connectivity index (χ0) is 22.0. The third kappa shape index (κ3) is 3.70. The first-order valence-electron chi connectivity index (χ1n) is 8.35. The van der Waals surface area contributed by atoms with Gasteiger partial charge in [-0.05, 0) is 36.5 Å². The number of hydrogen-bond acceptors (Lipinski definition) is 7. The molecule has 0 unspecified atom stereocenters. The summed E-state index contributed by atoms with van der Waals surface area (Å²) in [6.07, 6.45) is 1.02. The lowest BCUT2D eigenvalue weighted by Crippen LogP contribution is -2.54. The minimum absolute atomic E-state index is 0.0857. The molecule has 0 bridgehead atoms. The Morgan fingerprint density at radius 1 is 1.17 bits per heavy atom. The Balaban J connectivity index is 2.15. The molecule has 0 radical (unpaired) electrons. The number of para-hydroxylation sites is 1. The van der Waals surface area contributed by atoms with E-state index in [1.165, 1.54) is 38.5 Å². The highest BCUT2D eigenvalue weighted by molar-refractivity contribution is 7.80. The summed E-state index contributed by atoms with van der Waals surface area (Å²) in [6.45, 7) is 0. The van der Waals surface area contributed by atoms with Gasteiger partial charge in [-0.25, -0.2) is 9.29 Å². The fraction of sp³-hybridized carbons (Fsp3) is 0.105. The molecule has 1 aliphatic heterocycles. The standard InChI is InChI=1S/C19H14FN3O6S/c1-28-15-8-10(14(23(26)27)9-16(15)29-2)7-11-17(24)21-19(30)22(18(11)25)13-6-4-3-5-12(13)20/h3-9H,1-2H3,(H,21,24,30)/b11-7+. The highest BCUT2D eigenvalue weighted by Crippen LogP contribution is 2.36. The van der Waals surface area contributed by atoms with Gasteiger partial charge in [0, 0.05) is 0 Å². The van der Waals surface area contributed by atoms with Crippen molar-refractivity contribution in [3.05, 3.63) is 63.5 Å². The number of amides is 2. The van der Waals surface area contributed by atoms with E-state index >= 15 is 0 Å². The van der Waals surface area contributed by atoms with Crippen molar-refractivity contribution >= 4 is 46.6 Å². The van der Waals surface area contributed by atoms with E-state index in [1.807, 2.05) is 0 Å². The number of halogens is 1. The van der Waals surface area contributed by atoms with Crippen LogP contribution < -0.4 is 19.7 Å². The minimum Gasteiger partial charge on any atom is -0.493 e. The van der Waals surface area contributed by atoms with Crippen LogP contribution in [0, 0.1) is 15.9 Å². The lowest BCUT2D eigenvalue weighted by Gasteiger charge is -2.29. The molecule has 154 valence electrons. The number of methoxy groups -OCH3 is 2. The molecule has 1 aliphatic rings. The highest BCUT2D eigenvalue weighted by Gasteiger charge is 2.36. The molecule has 0 spiro atoms. The van der Waals surface area contributed by atoms with E-state index in [4.69, 9.17) is 21.7 Å². The smallest absolute Gasteiger partial charge is 0.280 e. The second-order valence-electron chi connectivity index (χ2n) is 5.93. The molecule has 3 rings (SSSR count). The van der Waals surface area contributed by atoms with Crippen LogP contribution in [-0.2, 0) is 9.59 Å². The number of carbonyl (C=O) groups excluding carboxylic acids is 2. The summed E-state index contributed by atoms with van der Waals surface area (Å²) in [4.78, 5) is 37.0. The SMILES string of the molecule is COc1cc(/C=C2\C(=O)NC(=S)N(c3ccccc3F)C2=O)c([N+](=O)[O-])cc1OC. The topological polar surface area (TPSA) is 111 Å². The first-order chi connectivity index (χ1) is 14.3. The average Bonchev–Trinajstić information content (AvgIpc) is 2.71. The number of anilines is 1. The second-order valence-corrected chi connectivity index (χ2v) is 6.32. The first-order valence-corrected chi connectivity index (χ1v) is 8.75. The fourth-order valence-electron chi connectivity index (χ4n) is 2.82. The maximum Gasteiger partial charge on any atom is 0.280 e. The number of nitro groups is 1. The molecular formula is C19H14FN3O6S. The quantitative estimate of drug-likeness (QED) is 0.255. The summed E-state index contributed by atoms with van der Waals surface area (Å²) in [5.74, 6) is -2.29. The van der Waals surface area contributed by atoms with Crippen LogP contribution in [0.2, 0.25) is 0 Å². The zero-order valence-corrected chi connectivity index (χ0v) is 16.5. The van der Waals surface area contributed by atoms with Crippen LogP contribution in [0.1, 0.15) is 5.56 Å². The number of nitrogens with one attached hydrogen (secondary N) is 1. The van der Waals surface area contributed by atoms with Crippen LogP contribution in [0.25, 0.3) is 6.08 Å². The fourth-order valence-corrected chi connectivity index (χ4v) is 3.10. The third-order valence-corrected chi connectivity index (χ3v) is 4.51. The Morgan fingerprint density at radius 2 is 1.80 bits per heavy atom. The van der Waals surface area contributed by atoms with Crippen molar-refractivity contribution in [1.29, 1.82) is 0 Å². The predicted octanol–water partition coefficient (Wildman–Crippen LogP) is 2.58. The number of nitrogens with zero attached hydrogens (tertiary/aromatic N) is 2. The van der Waals surface area contributed by atoms with Crippen molar-refractivity contribution in [1.82, 2.24) is 5.32 Å². The molecule has 0 aromatic heterocycles. The van der Waals surface area contributed by atoms with E-state index in [0.29, 0.717) is 0 Å². The van der Waals surface area contributed by atoms with Gasteiger partial charge in [0.05, 0.1) is 36.5 Å². The average molecular weight is 431 g/mol. The van der Waals surface area contributed by atoms with Crippen LogP contribution in [-0.4, -0.2) is 36.1 Å². The first kappa shape index (κ1) is 20.9. The maximum atomic E-state index is 14.2. The van der Waals surface area contributed by atoms with Crippen LogP contribution in [0.3, 0.4) is 0 Å². The number of hydrogen-bond donors (Lipinski definition) is 1. The summed E-state index contributed by atoms with van der Waals surface area (Å²) in [6, 6.07) is 7.73. The van der Waals surface area contributed by atoms with Gasteiger partial charge in [0.2, 0.25) is 0 Å². The Bertz CT molecular complexity index is 1120. The van der Waals surface area contributed by atoms with E-state index in [2.05, 4.69) is 5.32 Å². The third-order valence-electron chi connectivity index (χ3n) is 4.22.